The van der Waals surface area contributed by atoms with Crippen LogP contribution in [-0.4, -0.2) is 5.84 Å². The largest absolute Gasteiger partial charge is 0.383 e. The molecule has 0 saturated heterocycles. The third kappa shape index (κ3) is 3.44. The molecule has 0 unspecified atom stereocenters. The van der Waals surface area contributed by atoms with Gasteiger partial charge < -0.3 is 5.73 Å². The maximum atomic E-state index is 5.97. The molecule has 3 heteroatoms. The molecule has 2 aromatic rings. The molecule has 0 aliphatic carbocycles. The highest BCUT2D eigenvalue weighted by atomic mass is 79.9. The summed E-state index contributed by atoms with van der Waals surface area (Å²) in [5.41, 5.74) is 9.33. The van der Waals surface area contributed by atoms with E-state index in [1.54, 1.807) is 0 Å². The van der Waals surface area contributed by atoms with E-state index in [9.17, 15) is 0 Å². The first-order chi connectivity index (χ1) is 8.65. The maximum absolute atomic E-state index is 5.97. The Balaban J connectivity index is 2.11. The normalized spacial score (nSPS) is 11.6. The molecule has 2 aromatic carbocycles. The Bertz CT molecular complexity index is 559. The van der Waals surface area contributed by atoms with Gasteiger partial charge in [0.1, 0.15) is 5.84 Å². The Morgan fingerprint density at radius 2 is 1.89 bits per heavy atom. The molecule has 0 heterocycles. The van der Waals surface area contributed by atoms with Crippen molar-refractivity contribution in [1.82, 2.24) is 0 Å². The predicted molar refractivity (Wildman–Crippen MR) is 79.7 cm³/mol. The van der Waals surface area contributed by atoms with E-state index >= 15 is 0 Å². The number of halogens is 1. The van der Waals surface area contributed by atoms with Crippen molar-refractivity contribution in [3.05, 3.63) is 69.7 Å². The summed E-state index contributed by atoms with van der Waals surface area (Å²) in [7, 11) is 0. The number of benzene rings is 2. The van der Waals surface area contributed by atoms with E-state index in [2.05, 4.69) is 46.0 Å². The third-order valence-electron chi connectivity index (χ3n) is 2.65. The Labute approximate surface area is 116 Å². The van der Waals surface area contributed by atoms with Crippen LogP contribution in [0, 0.1) is 6.92 Å². The van der Waals surface area contributed by atoms with Crippen molar-refractivity contribution >= 4 is 21.8 Å². The first kappa shape index (κ1) is 12.8. The van der Waals surface area contributed by atoms with E-state index < -0.39 is 0 Å². The number of aliphatic imine (C=N–C) groups is 1. The first-order valence-electron chi connectivity index (χ1n) is 5.76. The van der Waals surface area contributed by atoms with Gasteiger partial charge in [-0.3, -0.25) is 4.99 Å². The molecule has 0 saturated carbocycles. The fraction of sp³-hybridized carbons (Fsp3) is 0.133. The monoisotopic (exact) mass is 302 g/mol. The molecule has 2 N–H and O–H groups in total. The standard InChI is InChI=1S/C15H15BrN2/c1-11-3-2-4-12(9-11)10-18-15(17)13-5-7-14(16)8-6-13/h2-9H,10H2,1H3,(H2,17,18). The second-order valence-electron chi connectivity index (χ2n) is 4.20. The molecule has 18 heavy (non-hydrogen) atoms. The Hall–Kier alpha value is -1.61. The number of hydrogen-bond acceptors (Lipinski definition) is 1. The number of rotatable bonds is 3. The van der Waals surface area contributed by atoms with Gasteiger partial charge in [-0.1, -0.05) is 57.9 Å². The highest BCUT2D eigenvalue weighted by molar-refractivity contribution is 9.10. The lowest BCUT2D eigenvalue weighted by Gasteiger charge is -2.02. The summed E-state index contributed by atoms with van der Waals surface area (Å²) < 4.78 is 1.04. The number of hydrogen-bond donors (Lipinski definition) is 1. The predicted octanol–water partition coefficient (Wildman–Crippen LogP) is 3.66. The van der Waals surface area contributed by atoms with E-state index in [1.165, 1.54) is 11.1 Å². The SMILES string of the molecule is Cc1cccc(CN=C(N)c2ccc(Br)cc2)c1. The molecule has 0 atom stereocenters. The average molecular weight is 303 g/mol. The van der Waals surface area contributed by atoms with Gasteiger partial charge in [0.05, 0.1) is 6.54 Å². The Morgan fingerprint density at radius 3 is 2.56 bits per heavy atom. The van der Waals surface area contributed by atoms with Crippen LogP contribution in [0.25, 0.3) is 0 Å². The topological polar surface area (TPSA) is 38.4 Å². The van der Waals surface area contributed by atoms with Crippen LogP contribution in [0.2, 0.25) is 0 Å². The smallest absolute Gasteiger partial charge is 0.125 e. The highest BCUT2D eigenvalue weighted by Gasteiger charge is 1.98. The Morgan fingerprint density at radius 1 is 1.17 bits per heavy atom. The summed E-state index contributed by atoms with van der Waals surface area (Å²) >= 11 is 3.40. The van der Waals surface area contributed by atoms with Crippen molar-refractivity contribution in [3.8, 4) is 0 Å². The van der Waals surface area contributed by atoms with E-state index in [0.29, 0.717) is 12.4 Å². The van der Waals surface area contributed by atoms with Crippen molar-refractivity contribution in [3.63, 3.8) is 0 Å². The number of nitrogens with zero attached hydrogens (tertiary/aromatic N) is 1. The second-order valence-corrected chi connectivity index (χ2v) is 5.11. The lowest BCUT2D eigenvalue weighted by atomic mass is 10.1. The van der Waals surface area contributed by atoms with Crippen LogP contribution in [0.1, 0.15) is 16.7 Å². The van der Waals surface area contributed by atoms with Gasteiger partial charge >= 0.3 is 0 Å². The summed E-state index contributed by atoms with van der Waals surface area (Å²) in [6, 6.07) is 16.1. The minimum atomic E-state index is 0.573. The van der Waals surface area contributed by atoms with Gasteiger partial charge in [0.15, 0.2) is 0 Å². The summed E-state index contributed by atoms with van der Waals surface area (Å²) in [5, 5.41) is 0. The Kier molecular flexibility index (Phi) is 4.15. The van der Waals surface area contributed by atoms with Crippen molar-refractivity contribution in [2.75, 3.05) is 0 Å². The lowest BCUT2D eigenvalue weighted by Crippen LogP contribution is -2.13. The van der Waals surface area contributed by atoms with Crippen molar-refractivity contribution in [1.29, 1.82) is 0 Å². The molecule has 0 bridgehead atoms. The van der Waals surface area contributed by atoms with E-state index in [0.717, 1.165) is 10.0 Å². The van der Waals surface area contributed by atoms with Gasteiger partial charge in [-0.05, 0) is 24.6 Å². The molecule has 0 aliphatic rings. The first-order valence-corrected chi connectivity index (χ1v) is 6.56. The van der Waals surface area contributed by atoms with Crippen molar-refractivity contribution < 1.29 is 0 Å². The third-order valence-corrected chi connectivity index (χ3v) is 3.18. The molecule has 2 rings (SSSR count). The fourth-order valence-corrected chi connectivity index (χ4v) is 1.96. The summed E-state index contributed by atoms with van der Waals surface area (Å²) in [5.74, 6) is 0.573. The summed E-state index contributed by atoms with van der Waals surface area (Å²) in [6.45, 7) is 2.69. The minimum Gasteiger partial charge on any atom is -0.383 e. The zero-order chi connectivity index (χ0) is 13.0. The van der Waals surface area contributed by atoms with Gasteiger partial charge in [0.25, 0.3) is 0 Å². The number of amidine groups is 1. The van der Waals surface area contributed by atoms with Gasteiger partial charge in [-0.25, -0.2) is 0 Å². The van der Waals surface area contributed by atoms with Crippen LogP contribution < -0.4 is 5.73 Å². The molecule has 92 valence electrons. The molecular weight excluding hydrogens is 288 g/mol. The molecule has 0 amide bonds. The van der Waals surface area contributed by atoms with Crippen LogP contribution in [0.15, 0.2) is 58.0 Å². The van der Waals surface area contributed by atoms with Crippen LogP contribution in [-0.2, 0) is 6.54 Å². The maximum Gasteiger partial charge on any atom is 0.125 e. The van der Waals surface area contributed by atoms with Crippen LogP contribution in [0.5, 0.6) is 0 Å². The quantitative estimate of drug-likeness (QED) is 0.682. The molecule has 0 aromatic heterocycles. The average Bonchev–Trinajstić information content (AvgIpc) is 2.37. The van der Waals surface area contributed by atoms with E-state index in [1.807, 2.05) is 30.3 Å². The fourth-order valence-electron chi connectivity index (χ4n) is 1.70. The van der Waals surface area contributed by atoms with Crippen LogP contribution >= 0.6 is 15.9 Å². The molecule has 0 spiro atoms. The number of aryl methyl sites for hydroxylation is 1. The van der Waals surface area contributed by atoms with Crippen molar-refractivity contribution in [2.45, 2.75) is 13.5 Å². The van der Waals surface area contributed by atoms with Crippen LogP contribution in [0.3, 0.4) is 0 Å². The van der Waals surface area contributed by atoms with Gasteiger partial charge in [-0.15, -0.1) is 0 Å². The van der Waals surface area contributed by atoms with E-state index in [4.69, 9.17) is 5.73 Å². The molecule has 2 nitrogen and oxygen atoms in total. The highest BCUT2D eigenvalue weighted by Crippen LogP contribution is 2.11. The second kappa shape index (κ2) is 5.83. The van der Waals surface area contributed by atoms with Gasteiger partial charge in [-0.2, -0.15) is 0 Å². The summed E-state index contributed by atoms with van der Waals surface area (Å²) in [4.78, 5) is 4.41. The zero-order valence-corrected chi connectivity index (χ0v) is 11.8. The number of nitrogens with two attached hydrogens (primary N) is 1. The van der Waals surface area contributed by atoms with E-state index in [-0.39, 0.29) is 0 Å². The van der Waals surface area contributed by atoms with Gasteiger partial charge in [0.2, 0.25) is 0 Å². The molecule has 0 fully saturated rings. The minimum absolute atomic E-state index is 0.573. The molecule has 0 radical (unpaired) electrons. The molecular formula is C15H15BrN2. The summed E-state index contributed by atoms with van der Waals surface area (Å²) in [6.07, 6.45) is 0. The zero-order valence-electron chi connectivity index (χ0n) is 10.2. The van der Waals surface area contributed by atoms with Crippen molar-refractivity contribution in [2.24, 2.45) is 10.7 Å². The lowest BCUT2D eigenvalue weighted by molar-refractivity contribution is 1.06. The van der Waals surface area contributed by atoms with Gasteiger partial charge in [0, 0.05) is 10.0 Å². The molecule has 0 aliphatic heterocycles. The van der Waals surface area contributed by atoms with Crippen LogP contribution in [0.4, 0.5) is 0 Å².